The van der Waals surface area contributed by atoms with Gasteiger partial charge < -0.3 is 4.57 Å². The molecule has 0 unspecified atom stereocenters. The molecule has 0 saturated carbocycles. The summed E-state index contributed by atoms with van der Waals surface area (Å²) in [6, 6.07) is 0. The third-order valence-corrected chi connectivity index (χ3v) is 2.01. The number of hydrogen-bond donors (Lipinski definition) is 0. The highest BCUT2D eigenvalue weighted by Gasteiger charge is 2.20. The summed E-state index contributed by atoms with van der Waals surface area (Å²) in [5.41, 5.74) is 0. The number of benzene rings is 1. The second kappa shape index (κ2) is 2.73. The van der Waals surface area contributed by atoms with E-state index in [1.54, 1.807) is 0 Å². The molecule has 0 bridgehead atoms. The van der Waals surface area contributed by atoms with Gasteiger partial charge in [-0.25, -0.2) is 17.6 Å². The van der Waals surface area contributed by atoms with Crippen LogP contribution in [0.2, 0.25) is 0 Å². The first-order valence-electron chi connectivity index (χ1n) is 3.80. The van der Waals surface area contributed by atoms with Crippen LogP contribution in [0, 0.1) is 23.3 Å². The van der Waals surface area contributed by atoms with Crippen LogP contribution in [0.4, 0.5) is 17.6 Å². The molecule has 0 saturated heterocycles. The van der Waals surface area contributed by atoms with E-state index in [1.807, 2.05) is 0 Å². The lowest BCUT2D eigenvalue weighted by Crippen LogP contribution is -1.95. The molecule has 74 valence electrons. The molecule has 0 aliphatic carbocycles. The van der Waals surface area contributed by atoms with E-state index in [1.165, 1.54) is 24.0 Å². The first-order valence-corrected chi connectivity index (χ1v) is 3.80. The molecule has 0 N–H and O–H groups in total. The quantitative estimate of drug-likeness (QED) is 0.352. The molecular formula is C9H5F4N. The Bertz CT molecular complexity index is 470. The van der Waals surface area contributed by atoms with Crippen molar-refractivity contribution >= 4 is 10.8 Å². The van der Waals surface area contributed by atoms with E-state index in [2.05, 4.69) is 0 Å². The van der Waals surface area contributed by atoms with Crippen LogP contribution in [0.15, 0.2) is 12.4 Å². The average Bonchev–Trinajstić information content (AvgIpc) is 2.54. The van der Waals surface area contributed by atoms with Gasteiger partial charge in [-0.1, -0.05) is 0 Å². The Morgan fingerprint density at radius 1 is 0.786 bits per heavy atom. The lowest BCUT2D eigenvalue weighted by Gasteiger charge is -1.98. The maximum absolute atomic E-state index is 13.1. The number of aryl methyl sites for hydroxylation is 1. The standard InChI is InChI=1S/C9H5F4N/c1-14-2-4-5(3-14)7(11)9(13)8(12)6(4)10/h2-3H,1H3. The molecule has 0 aliphatic rings. The Labute approximate surface area is 76.6 Å². The molecule has 5 heteroatoms. The van der Waals surface area contributed by atoms with E-state index in [-0.39, 0.29) is 10.8 Å². The minimum absolute atomic E-state index is 0.260. The van der Waals surface area contributed by atoms with Gasteiger partial charge in [0.25, 0.3) is 0 Å². The highest BCUT2D eigenvalue weighted by Crippen LogP contribution is 2.26. The first kappa shape index (κ1) is 9.05. The predicted molar refractivity (Wildman–Crippen MR) is 42.8 cm³/mol. The van der Waals surface area contributed by atoms with Gasteiger partial charge in [-0.3, -0.25) is 0 Å². The monoisotopic (exact) mass is 203 g/mol. The molecular weight excluding hydrogens is 198 g/mol. The number of fused-ring (bicyclic) bond motifs is 1. The van der Waals surface area contributed by atoms with Crippen molar-refractivity contribution in [2.75, 3.05) is 0 Å². The van der Waals surface area contributed by atoms with E-state index in [0.29, 0.717) is 0 Å². The van der Waals surface area contributed by atoms with Crippen molar-refractivity contribution in [1.82, 2.24) is 4.57 Å². The first-order chi connectivity index (χ1) is 6.52. The molecule has 2 aromatic rings. The Kier molecular flexibility index (Phi) is 1.77. The largest absolute Gasteiger partial charge is 0.356 e. The normalized spacial score (nSPS) is 11.2. The van der Waals surface area contributed by atoms with E-state index < -0.39 is 23.3 Å². The number of aromatic nitrogens is 1. The summed E-state index contributed by atoms with van der Waals surface area (Å²) in [5, 5.41) is -0.521. The second-order valence-electron chi connectivity index (χ2n) is 3.01. The molecule has 0 aliphatic heterocycles. The fourth-order valence-electron chi connectivity index (χ4n) is 1.36. The topological polar surface area (TPSA) is 4.93 Å². The minimum atomic E-state index is -1.78. The third kappa shape index (κ3) is 1.01. The van der Waals surface area contributed by atoms with Gasteiger partial charge in [0.1, 0.15) is 0 Å². The number of halogens is 4. The molecule has 1 aromatic carbocycles. The van der Waals surface area contributed by atoms with Crippen LogP contribution < -0.4 is 0 Å². The maximum atomic E-state index is 13.1. The van der Waals surface area contributed by atoms with Crippen LogP contribution in [0.5, 0.6) is 0 Å². The molecule has 0 amide bonds. The van der Waals surface area contributed by atoms with Gasteiger partial charge in [0.15, 0.2) is 23.3 Å². The second-order valence-corrected chi connectivity index (χ2v) is 3.01. The zero-order valence-corrected chi connectivity index (χ0v) is 7.11. The molecule has 0 radical (unpaired) electrons. The number of hydrogen-bond acceptors (Lipinski definition) is 0. The third-order valence-electron chi connectivity index (χ3n) is 2.01. The molecule has 14 heavy (non-hydrogen) atoms. The van der Waals surface area contributed by atoms with Crippen LogP contribution in [-0.4, -0.2) is 4.57 Å². The number of nitrogens with zero attached hydrogens (tertiary/aromatic N) is 1. The Balaban J connectivity index is 3.01. The van der Waals surface area contributed by atoms with Gasteiger partial charge in [0, 0.05) is 30.2 Å². The maximum Gasteiger partial charge on any atom is 0.198 e. The van der Waals surface area contributed by atoms with E-state index in [0.717, 1.165) is 0 Å². The van der Waals surface area contributed by atoms with Crippen molar-refractivity contribution in [3.8, 4) is 0 Å². The molecule has 0 fully saturated rings. The Morgan fingerprint density at radius 3 is 1.50 bits per heavy atom. The fourth-order valence-corrected chi connectivity index (χ4v) is 1.36. The zero-order valence-electron chi connectivity index (χ0n) is 7.11. The van der Waals surface area contributed by atoms with Gasteiger partial charge in [-0.2, -0.15) is 0 Å². The molecule has 1 aromatic heterocycles. The lowest BCUT2D eigenvalue weighted by atomic mass is 10.2. The van der Waals surface area contributed by atoms with E-state index >= 15 is 0 Å². The SMILES string of the molecule is Cn1cc2c(F)c(F)c(F)c(F)c2c1. The van der Waals surface area contributed by atoms with Crippen molar-refractivity contribution in [1.29, 1.82) is 0 Å². The van der Waals surface area contributed by atoms with Gasteiger partial charge in [0.05, 0.1) is 0 Å². The van der Waals surface area contributed by atoms with Gasteiger partial charge >= 0.3 is 0 Å². The van der Waals surface area contributed by atoms with Gasteiger partial charge in [-0.15, -0.1) is 0 Å². The van der Waals surface area contributed by atoms with Crippen LogP contribution in [0.25, 0.3) is 10.8 Å². The highest BCUT2D eigenvalue weighted by molar-refractivity contribution is 5.83. The smallest absolute Gasteiger partial charge is 0.198 e. The van der Waals surface area contributed by atoms with Gasteiger partial charge in [0.2, 0.25) is 0 Å². The van der Waals surface area contributed by atoms with Crippen LogP contribution >= 0.6 is 0 Å². The summed E-state index contributed by atoms with van der Waals surface area (Å²) >= 11 is 0. The van der Waals surface area contributed by atoms with Crippen LogP contribution in [0.3, 0.4) is 0 Å². The fraction of sp³-hybridized carbons (Fsp3) is 0.111. The summed E-state index contributed by atoms with van der Waals surface area (Å²) in [7, 11) is 1.51. The van der Waals surface area contributed by atoms with Gasteiger partial charge in [-0.05, 0) is 0 Å². The Hall–Kier alpha value is -1.52. The van der Waals surface area contributed by atoms with Crippen LogP contribution in [-0.2, 0) is 7.05 Å². The summed E-state index contributed by atoms with van der Waals surface area (Å²) in [5.74, 6) is -6.28. The minimum Gasteiger partial charge on any atom is -0.356 e. The van der Waals surface area contributed by atoms with E-state index in [4.69, 9.17) is 0 Å². The predicted octanol–water partition coefficient (Wildman–Crippen LogP) is 2.73. The van der Waals surface area contributed by atoms with Crippen molar-refractivity contribution in [3.63, 3.8) is 0 Å². The van der Waals surface area contributed by atoms with Crippen molar-refractivity contribution in [3.05, 3.63) is 35.7 Å². The number of rotatable bonds is 0. The van der Waals surface area contributed by atoms with Crippen molar-refractivity contribution in [2.45, 2.75) is 0 Å². The molecule has 0 spiro atoms. The van der Waals surface area contributed by atoms with Crippen LogP contribution in [0.1, 0.15) is 0 Å². The zero-order chi connectivity index (χ0) is 10.5. The average molecular weight is 203 g/mol. The highest BCUT2D eigenvalue weighted by atomic mass is 19.2. The molecule has 0 atom stereocenters. The summed E-state index contributed by atoms with van der Waals surface area (Å²) in [4.78, 5) is 0. The summed E-state index contributed by atoms with van der Waals surface area (Å²) in [6.07, 6.45) is 2.38. The van der Waals surface area contributed by atoms with Crippen molar-refractivity contribution < 1.29 is 17.6 Å². The summed E-state index contributed by atoms with van der Waals surface area (Å²) < 4.78 is 52.9. The molecule has 2 rings (SSSR count). The molecule has 1 nitrogen and oxygen atoms in total. The molecule has 1 heterocycles. The van der Waals surface area contributed by atoms with E-state index in [9.17, 15) is 17.6 Å². The lowest BCUT2D eigenvalue weighted by molar-refractivity contribution is 0.418. The summed E-state index contributed by atoms with van der Waals surface area (Å²) in [6.45, 7) is 0. The Morgan fingerprint density at radius 2 is 1.14 bits per heavy atom. The van der Waals surface area contributed by atoms with Crippen molar-refractivity contribution in [2.24, 2.45) is 7.05 Å².